The summed E-state index contributed by atoms with van der Waals surface area (Å²) in [7, 11) is 0. The first kappa shape index (κ1) is 7.62. The molecule has 44 valence electrons. The third kappa shape index (κ3) is 2.43. The highest BCUT2D eigenvalue weighted by atomic mass is 32.2. The molecule has 0 aliphatic carbocycles. The number of hydrogen-bond acceptors (Lipinski definition) is 2. The summed E-state index contributed by atoms with van der Waals surface area (Å²) in [5.74, 6) is 1.56. The molecule has 1 heterocycles. The van der Waals surface area contributed by atoms with Gasteiger partial charge in [0.05, 0.1) is 0 Å². The number of nitrogens with one attached hydrogen (secondary N) is 1. The Kier molecular flexibility index (Phi) is 3.92. The fraction of sp³-hybridized carbons (Fsp3) is 1.00. The molecule has 1 rings (SSSR count). The minimum absolute atomic E-state index is 0. The maximum absolute atomic E-state index is 10.3. The lowest BCUT2D eigenvalue weighted by Gasteiger charge is -1.95. The van der Waals surface area contributed by atoms with Crippen molar-refractivity contribution in [2.75, 3.05) is 18.2 Å². The van der Waals surface area contributed by atoms with Gasteiger partial charge in [-0.25, -0.2) is 0 Å². The molecule has 1 atom stereocenters. The van der Waals surface area contributed by atoms with Crippen molar-refractivity contribution in [3.8, 4) is 0 Å². The fourth-order valence-corrected chi connectivity index (χ4v) is 1.33. The van der Waals surface area contributed by atoms with Crippen molar-refractivity contribution in [2.24, 2.45) is 0 Å². The molecule has 2 nitrogen and oxygen atoms in total. The summed E-state index contributed by atoms with van der Waals surface area (Å²) in [5.41, 5.74) is 0. The minimum Gasteiger partial charge on any atom is -0.615 e. The molecular formula is C3H9NOS2. The highest BCUT2D eigenvalue weighted by Gasteiger charge is 2.10. The molecule has 0 radical (unpaired) electrons. The van der Waals surface area contributed by atoms with E-state index in [1.54, 1.807) is 0 Å². The Bertz CT molecular complexity index is 46.2. The van der Waals surface area contributed by atoms with Gasteiger partial charge < -0.3 is 4.55 Å². The average molecular weight is 139 g/mol. The Labute approximate surface area is 53.3 Å². The monoisotopic (exact) mass is 139 g/mol. The number of rotatable bonds is 0. The minimum atomic E-state index is -0.534. The van der Waals surface area contributed by atoms with Crippen LogP contribution in [0.4, 0.5) is 0 Å². The highest BCUT2D eigenvalue weighted by Crippen LogP contribution is 1.91. The quantitative estimate of drug-likeness (QED) is 0.455. The molecule has 0 amide bonds. The van der Waals surface area contributed by atoms with Crippen LogP contribution in [0.1, 0.15) is 0 Å². The second-order valence-corrected chi connectivity index (χ2v) is 2.86. The molecule has 1 unspecified atom stereocenters. The van der Waals surface area contributed by atoms with E-state index in [-0.39, 0.29) is 13.5 Å². The van der Waals surface area contributed by atoms with Crippen molar-refractivity contribution in [3.63, 3.8) is 0 Å². The summed E-state index contributed by atoms with van der Waals surface area (Å²) in [5, 5.41) is 2.97. The van der Waals surface area contributed by atoms with Gasteiger partial charge in [-0.1, -0.05) is 0 Å². The Hall–Kier alpha value is 0.620. The summed E-state index contributed by atoms with van der Waals surface area (Å²) >= 11 is -0.534. The number of hydrogen-bond donors (Lipinski definition) is 1. The molecule has 1 aliphatic rings. The first-order chi connectivity index (χ1) is 2.89. The van der Waals surface area contributed by atoms with E-state index in [2.05, 4.69) is 5.32 Å². The molecule has 0 aromatic carbocycles. The van der Waals surface area contributed by atoms with Crippen molar-refractivity contribution >= 4 is 24.7 Å². The van der Waals surface area contributed by atoms with Crippen LogP contribution in [0, 0.1) is 0 Å². The van der Waals surface area contributed by atoms with Gasteiger partial charge in [-0.05, 0) is 11.2 Å². The first-order valence-corrected chi connectivity index (χ1v) is 3.44. The summed E-state index contributed by atoms with van der Waals surface area (Å²) in [6, 6.07) is 0. The van der Waals surface area contributed by atoms with Crippen molar-refractivity contribution < 1.29 is 4.55 Å². The van der Waals surface area contributed by atoms with Crippen LogP contribution in [-0.2, 0) is 11.2 Å². The Morgan fingerprint density at radius 3 is 2.43 bits per heavy atom. The zero-order valence-corrected chi connectivity index (χ0v) is 5.75. The van der Waals surface area contributed by atoms with E-state index < -0.39 is 11.2 Å². The standard InChI is InChI=1S/C3H7NOS.H2S/c5-6-2-1-4-3-6;/h4H,1-3H2;1H2. The lowest BCUT2D eigenvalue weighted by molar-refractivity contribution is 0.600. The van der Waals surface area contributed by atoms with Crippen LogP contribution in [0.25, 0.3) is 0 Å². The van der Waals surface area contributed by atoms with Gasteiger partial charge in [-0.3, -0.25) is 5.32 Å². The molecular weight excluding hydrogens is 130 g/mol. The highest BCUT2D eigenvalue weighted by molar-refractivity contribution is 7.91. The van der Waals surface area contributed by atoms with E-state index in [0.717, 1.165) is 12.3 Å². The molecule has 0 bridgehead atoms. The maximum atomic E-state index is 10.3. The van der Waals surface area contributed by atoms with Gasteiger partial charge in [0.15, 0.2) is 5.88 Å². The van der Waals surface area contributed by atoms with Crippen molar-refractivity contribution in [1.82, 2.24) is 5.32 Å². The van der Waals surface area contributed by atoms with E-state index in [1.165, 1.54) is 0 Å². The lowest BCUT2D eigenvalue weighted by atomic mass is 10.8. The lowest BCUT2D eigenvalue weighted by Crippen LogP contribution is -2.07. The molecule has 1 fully saturated rings. The topological polar surface area (TPSA) is 35.1 Å². The molecule has 0 spiro atoms. The third-order valence-corrected chi connectivity index (χ3v) is 1.96. The zero-order chi connectivity index (χ0) is 4.41. The predicted molar refractivity (Wildman–Crippen MR) is 36.3 cm³/mol. The van der Waals surface area contributed by atoms with Gasteiger partial charge in [-0.2, -0.15) is 13.5 Å². The molecule has 1 N–H and O–H groups in total. The van der Waals surface area contributed by atoms with Crippen LogP contribution >= 0.6 is 13.5 Å². The predicted octanol–water partition coefficient (Wildman–Crippen LogP) is -0.591. The van der Waals surface area contributed by atoms with E-state index in [0.29, 0.717) is 5.88 Å². The van der Waals surface area contributed by atoms with Gasteiger partial charge in [0, 0.05) is 6.54 Å². The van der Waals surface area contributed by atoms with Crippen LogP contribution in [0.5, 0.6) is 0 Å². The van der Waals surface area contributed by atoms with Gasteiger partial charge in [0.25, 0.3) is 0 Å². The summed E-state index contributed by atoms with van der Waals surface area (Å²) < 4.78 is 10.3. The van der Waals surface area contributed by atoms with E-state index in [9.17, 15) is 4.55 Å². The molecule has 0 saturated carbocycles. The van der Waals surface area contributed by atoms with Gasteiger partial charge in [0.1, 0.15) is 5.75 Å². The van der Waals surface area contributed by atoms with E-state index >= 15 is 0 Å². The maximum Gasteiger partial charge on any atom is 0.157 e. The fourth-order valence-electron chi connectivity index (χ4n) is 0.444. The Morgan fingerprint density at radius 2 is 2.29 bits per heavy atom. The van der Waals surface area contributed by atoms with E-state index in [4.69, 9.17) is 0 Å². The largest absolute Gasteiger partial charge is 0.615 e. The second-order valence-electron chi connectivity index (χ2n) is 1.29. The Balaban J connectivity index is 0.000000360. The van der Waals surface area contributed by atoms with Crippen LogP contribution < -0.4 is 5.32 Å². The van der Waals surface area contributed by atoms with E-state index in [1.807, 2.05) is 0 Å². The van der Waals surface area contributed by atoms with Crippen LogP contribution in [0.15, 0.2) is 0 Å². The molecule has 0 aromatic rings. The van der Waals surface area contributed by atoms with Crippen LogP contribution in [0.3, 0.4) is 0 Å². The van der Waals surface area contributed by atoms with Crippen molar-refractivity contribution in [3.05, 3.63) is 0 Å². The molecule has 1 aliphatic heterocycles. The van der Waals surface area contributed by atoms with Gasteiger partial charge in [0.2, 0.25) is 0 Å². The van der Waals surface area contributed by atoms with Crippen molar-refractivity contribution in [1.29, 1.82) is 0 Å². The Morgan fingerprint density at radius 1 is 1.57 bits per heavy atom. The summed E-state index contributed by atoms with van der Waals surface area (Å²) in [6.45, 7) is 0.937. The SMILES string of the molecule is S.[O-][S+]1CCNC1. The second kappa shape index (κ2) is 3.60. The van der Waals surface area contributed by atoms with Crippen LogP contribution in [0.2, 0.25) is 0 Å². The van der Waals surface area contributed by atoms with Crippen LogP contribution in [-0.4, -0.2) is 22.7 Å². The molecule has 7 heavy (non-hydrogen) atoms. The summed E-state index contributed by atoms with van der Waals surface area (Å²) in [4.78, 5) is 0. The first-order valence-electron chi connectivity index (χ1n) is 1.95. The van der Waals surface area contributed by atoms with Gasteiger partial charge in [-0.15, -0.1) is 0 Å². The zero-order valence-electron chi connectivity index (χ0n) is 3.94. The van der Waals surface area contributed by atoms with Gasteiger partial charge >= 0.3 is 0 Å². The normalized spacial score (nSPS) is 29.6. The molecule has 1 saturated heterocycles. The van der Waals surface area contributed by atoms with Crippen molar-refractivity contribution in [2.45, 2.75) is 0 Å². The third-order valence-electron chi connectivity index (χ3n) is 0.770. The average Bonchev–Trinajstić information content (AvgIpc) is 1.86. The molecule has 0 aromatic heterocycles. The summed E-state index contributed by atoms with van der Waals surface area (Å²) in [6.07, 6.45) is 0. The molecule has 4 heteroatoms. The smallest absolute Gasteiger partial charge is 0.157 e.